The van der Waals surface area contributed by atoms with Gasteiger partial charge >= 0.3 is 5.97 Å². The highest BCUT2D eigenvalue weighted by molar-refractivity contribution is 6.00. The van der Waals surface area contributed by atoms with Crippen LogP contribution in [0.2, 0.25) is 0 Å². The Morgan fingerprint density at radius 3 is 2.68 bits per heavy atom. The Balaban J connectivity index is 1.68. The molecule has 3 rings (SSSR count). The molecule has 2 aromatic rings. The number of rotatable bonds is 5. The number of ether oxygens (including phenoxy) is 1. The monoisotopic (exact) mass is 339 g/mol. The van der Waals surface area contributed by atoms with Gasteiger partial charge in [0.15, 0.2) is 6.10 Å². The van der Waals surface area contributed by atoms with Crippen LogP contribution in [-0.4, -0.2) is 36.1 Å². The van der Waals surface area contributed by atoms with Crippen molar-refractivity contribution in [3.8, 4) is 0 Å². The summed E-state index contributed by atoms with van der Waals surface area (Å²) in [7, 11) is 0. The fourth-order valence-electron chi connectivity index (χ4n) is 2.90. The van der Waals surface area contributed by atoms with Crippen LogP contribution in [0.5, 0.6) is 0 Å². The van der Waals surface area contributed by atoms with E-state index in [4.69, 9.17) is 4.74 Å². The van der Waals surface area contributed by atoms with Gasteiger partial charge in [0.2, 0.25) is 0 Å². The third kappa shape index (κ3) is 3.63. The second-order valence-corrected chi connectivity index (χ2v) is 5.82. The van der Waals surface area contributed by atoms with Crippen LogP contribution in [0, 0.1) is 0 Å². The molecule has 6 heteroatoms. The van der Waals surface area contributed by atoms with Crippen molar-refractivity contribution in [2.75, 3.05) is 23.3 Å². The number of amides is 1. The maximum absolute atomic E-state index is 12.4. The van der Waals surface area contributed by atoms with Crippen molar-refractivity contribution in [2.45, 2.75) is 26.4 Å². The Bertz CT molecular complexity index is 770. The van der Waals surface area contributed by atoms with Gasteiger partial charge in [0.25, 0.3) is 5.91 Å². The van der Waals surface area contributed by atoms with Gasteiger partial charge in [-0.2, -0.15) is 0 Å². The number of esters is 1. The number of hydrogen-bond acceptors (Lipinski definition) is 5. The Morgan fingerprint density at radius 2 is 2.00 bits per heavy atom. The molecule has 1 aromatic carbocycles. The molecule has 2 heterocycles. The fraction of sp³-hybridized carbons (Fsp3) is 0.316. The number of benzene rings is 1. The molecule has 130 valence electrons. The molecule has 25 heavy (non-hydrogen) atoms. The number of carbonyl (C=O) groups excluding carboxylic acids is 2. The van der Waals surface area contributed by atoms with Gasteiger partial charge in [0, 0.05) is 19.5 Å². The smallest absolute Gasteiger partial charge is 0.339 e. The van der Waals surface area contributed by atoms with E-state index in [0.717, 1.165) is 24.5 Å². The Morgan fingerprint density at radius 1 is 1.24 bits per heavy atom. The lowest BCUT2D eigenvalue weighted by molar-refractivity contribution is -0.125. The molecular weight excluding hydrogens is 318 g/mol. The number of carbonyl (C=O) groups is 2. The predicted molar refractivity (Wildman–Crippen MR) is 95.8 cm³/mol. The summed E-state index contributed by atoms with van der Waals surface area (Å²) >= 11 is 0. The van der Waals surface area contributed by atoms with Crippen LogP contribution in [0.15, 0.2) is 42.6 Å². The molecule has 0 aliphatic carbocycles. The highest BCUT2D eigenvalue weighted by Crippen LogP contribution is 2.22. The summed E-state index contributed by atoms with van der Waals surface area (Å²) in [5, 5.41) is 2.77. The number of nitrogens with one attached hydrogen (secondary N) is 1. The van der Waals surface area contributed by atoms with Gasteiger partial charge in [-0.15, -0.1) is 0 Å². The lowest BCUT2D eigenvalue weighted by Crippen LogP contribution is -2.38. The zero-order valence-electron chi connectivity index (χ0n) is 14.4. The molecule has 6 nitrogen and oxygen atoms in total. The molecule has 0 radical (unpaired) electrons. The summed E-state index contributed by atoms with van der Waals surface area (Å²) in [6.45, 7) is 5.87. The van der Waals surface area contributed by atoms with Crippen molar-refractivity contribution < 1.29 is 14.3 Å². The van der Waals surface area contributed by atoms with Gasteiger partial charge in [-0.3, -0.25) is 4.79 Å². The maximum Gasteiger partial charge on any atom is 0.339 e. The molecule has 0 bridgehead atoms. The third-order valence-corrected chi connectivity index (χ3v) is 4.29. The second kappa shape index (κ2) is 7.34. The van der Waals surface area contributed by atoms with Crippen molar-refractivity contribution in [1.29, 1.82) is 0 Å². The van der Waals surface area contributed by atoms with E-state index in [-0.39, 0.29) is 5.91 Å². The number of pyridine rings is 1. The number of aromatic nitrogens is 1. The van der Waals surface area contributed by atoms with Crippen molar-refractivity contribution in [3.05, 3.63) is 53.7 Å². The normalized spacial score (nSPS) is 15.9. The average Bonchev–Trinajstić information content (AvgIpc) is 2.64. The van der Waals surface area contributed by atoms with Crippen LogP contribution in [0.3, 0.4) is 0 Å². The highest BCUT2D eigenvalue weighted by atomic mass is 16.5. The minimum atomic E-state index is -0.829. The van der Waals surface area contributed by atoms with Crippen LogP contribution < -0.4 is 10.2 Å². The van der Waals surface area contributed by atoms with Gasteiger partial charge in [0.1, 0.15) is 5.82 Å². The first-order chi connectivity index (χ1) is 12.1. The SMILES string of the molecule is CCN(CC)c1ccc(NC(=O)C2Cc3ccccc3C(=O)O2)cn1. The molecule has 1 aliphatic rings. The number of anilines is 2. The van der Waals surface area contributed by atoms with Crippen LogP contribution >= 0.6 is 0 Å². The molecule has 0 spiro atoms. The fourth-order valence-corrected chi connectivity index (χ4v) is 2.90. The van der Waals surface area contributed by atoms with Crippen LogP contribution in [0.1, 0.15) is 29.8 Å². The van der Waals surface area contributed by atoms with E-state index in [1.807, 2.05) is 18.2 Å². The summed E-state index contributed by atoms with van der Waals surface area (Å²) < 4.78 is 5.26. The summed E-state index contributed by atoms with van der Waals surface area (Å²) in [5.41, 5.74) is 1.93. The Kier molecular flexibility index (Phi) is 4.97. The summed E-state index contributed by atoms with van der Waals surface area (Å²) in [6.07, 6.45) is 1.16. The largest absolute Gasteiger partial charge is 0.448 e. The number of hydrogen-bond donors (Lipinski definition) is 1. The molecule has 0 saturated heterocycles. The average molecular weight is 339 g/mol. The zero-order valence-corrected chi connectivity index (χ0v) is 14.4. The van der Waals surface area contributed by atoms with Gasteiger partial charge in [-0.05, 0) is 37.6 Å². The van der Waals surface area contributed by atoms with Crippen LogP contribution in [0.4, 0.5) is 11.5 Å². The van der Waals surface area contributed by atoms with E-state index in [0.29, 0.717) is 17.7 Å². The molecular formula is C19H21N3O3. The van der Waals surface area contributed by atoms with E-state index in [1.54, 1.807) is 24.4 Å². The van der Waals surface area contributed by atoms with Gasteiger partial charge in [-0.25, -0.2) is 9.78 Å². The number of cyclic esters (lactones) is 1. The minimum absolute atomic E-state index is 0.347. The third-order valence-electron chi connectivity index (χ3n) is 4.29. The molecule has 1 amide bonds. The summed E-state index contributed by atoms with van der Waals surface area (Å²) in [4.78, 5) is 30.9. The minimum Gasteiger partial charge on any atom is -0.448 e. The van der Waals surface area contributed by atoms with Gasteiger partial charge < -0.3 is 15.0 Å². The van der Waals surface area contributed by atoms with E-state index in [9.17, 15) is 9.59 Å². The summed E-state index contributed by atoms with van der Waals surface area (Å²) in [6, 6.07) is 10.9. The molecule has 1 aromatic heterocycles. The Labute approximate surface area is 146 Å². The standard InChI is InChI=1S/C19H21N3O3/c1-3-22(4-2)17-10-9-14(12-20-17)21-18(23)16-11-13-7-5-6-8-15(13)19(24)25-16/h5-10,12,16H,3-4,11H2,1-2H3,(H,21,23). The highest BCUT2D eigenvalue weighted by Gasteiger charge is 2.31. The first-order valence-corrected chi connectivity index (χ1v) is 8.43. The maximum atomic E-state index is 12.4. The Hall–Kier alpha value is -2.89. The predicted octanol–water partition coefficient (Wildman–Crippen LogP) is 2.65. The lowest BCUT2D eigenvalue weighted by Gasteiger charge is -2.24. The van der Waals surface area contributed by atoms with Crippen molar-refractivity contribution in [1.82, 2.24) is 4.98 Å². The number of fused-ring (bicyclic) bond motifs is 1. The molecule has 1 atom stereocenters. The molecule has 1 unspecified atom stereocenters. The van der Waals surface area contributed by atoms with E-state index in [2.05, 4.69) is 29.0 Å². The first kappa shape index (κ1) is 17.0. The zero-order chi connectivity index (χ0) is 17.8. The van der Waals surface area contributed by atoms with Gasteiger partial charge in [-0.1, -0.05) is 18.2 Å². The van der Waals surface area contributed by atoms with E-state index >= 15 is 0 Å². The van der Waals surface area contributed by atoms with Crippen molar-refractivity contribution >= 4 is 23.4 Å². The molecule has 1 N–H and O–H groups in total. The van der Waals surface area contributed by atoms with Gasteiger partial charge in [0.05, 0.1) is 17.4 Å². The van der Waals surface area contributed by atoms with Crippen molar-refractivity contribution in [2.24, 2.45) is 0 Å². The van der Waals surface area contributed by atoms with E-state index < -0.39 is 12.1 Å². The molecule has 1 aliphatic heterocycles. The number of nitrogens with zero attached hydrogens (tertiary/aromatic N) is 2. The molecule has 0 fully saturated rings. The van der Waals surface area contributed by atoms with Crippen LogP contribution in [-0.2, 0) is 16.0 Å². The van der Waals surface area contributed by atoms with E-state index in [1.165, 1.54) is 0 Å². The second-order valence-electron chi connectivity index (χ2n) is 5.82. The first-order valence-electron chi connectivity index (χ1n) is 8.43. The summed E-state index contributed by atoms with van der Waals surface area (Å²) in [5.74, 6) is 0.0540. The topological polar surface area (TPSA) is 71.5 Å². The lowest BCUT2D eigenvalue weighted by atomic mass is 9.98. The van der Waals surface area contributed by atoms with Crippen LogP contribution in [0.25, 0.3) is 0 Å². The quantitative estimate of drug-likeness (QED) is 0.848. The van der Waals surface area contributed by atoms with Crippen molar-refractivity contribution in [3.63, 3.8) is 0 Å². The molecule has 0 saturated carbocycles.